The van der Waals surface area contributed by atoms with E-state index in [9.17, 15) is 14.4 Å². The SMILES string of the molecule is CC1C(=O)NC(=O)CN1C(=O)C1(c2ccccc2)CCC1. The van der Waals surface area contributed by atoms with Gasteiger partial charge < -0.3 is 4.90 Å². The van der Waals surface area contributed by atoms with Crippen molar-refractivity contribution in [3.8, 4) is 0 Å². The molecule has 3 rings (SSSR count). The first-order valence-electron chi connectivity index (χ1n) is 7.25. The Balaban J connectivity index is 1.93. The maximum atomic E-state index is 13.0. The van der Waals surface area contributed by atoms with Crippen LogP contribution in [0.3, 0.4) is 0 Å². The quantitative estimate of drug-likeness (QED) is 0.824. The molecule has 2 aliphatic rings. The van der Waals surface area contributed by atoms with E-state index in [1.54, 1.807) is 6.92 Å². The zero-order chi connectivity index (χ0) is 15.0. The largest absolute Gasteiger partial charge is 0.321 e. The van der Waals surface area contributed by atoms with Crippen LogP contribution in [0, 0.1) is 0 Å². The van der Waals surface area contributed by atoms with Gasteiger partial charge in [0.25, 0.3) is 0 Å². The van der Waals surface area contributed by atoms with Gasteiger partial charge in [-0.05, 0) is 25.3 Å². The topological polar surface area (TPSA) is 66.5 Å². The second kappa shape index (κ2) is 4.98. The summed E-state index contributed by atoms with van der Waals surface area (Å²) in [5.41, 5.74) is 0.417. The van der Waals surface area contributed by atoms with Crippen molar-refractivity contribution in [3.63, 3.8) is 0 Å². The summed E-state index contributed by atoms with van der Waals surface area (Å²) in [6.07, 6.45) is 2.53. The Hall–Kier alpha value is -2.17. The van der Waals surface area contributed by atoms with Gasteiger partial charge in [0.15, 0.2) is 0 Å². The van der Waals surface area contributed by atoms with Crippen LogP contribution in [-0.2, 0) is 19.8 Å². The van der Waals surface area contributed by atoms with Crippen LogP contribution < -0.4 is 5.32 Å². The van der Waals surface area contributed by atoms with Gasteiger partial charge in [-0.1, -0.05) is 36.8 Å². The van der Waals surface area contributed by atoms with Gasteiger partial charge in [0, 0.05) is 0 Å². The van der Waals surface area contributed by atoms with Crippen LogP contribution in [0.25, 0.3) is 0 Å². The zero-order valence-electron chi connectivity index (χ0n) is 12.0. The standard InChI is InChI=1S/C16H18N2O3/c1-11-14(20)17-13(19)10-18(11)15(21)16(8-5-9-16)12-6-3-2-4-7-12/h2-4,6-7,11H,5,8-10H2,1H3,(H,17,19,20). The Morgan fingerprint density at radius 2 is 1.90 bits per heavy atom. The maximum Gasteiger partial charge on any atom is 0.249 e. The lowest BCUT2D eigenvalue weighted by molar-refractivity contribution is -0.154. The molecule has 2 fully saturated rings. The summed E-state index contributed by atoms with van der Waals surface area (Å²) in [5.74, 6) is -0.910. The molecule has 1 aromatic carbocycles. The van der Waals surface area contributed by atoms with Crippen LogP contribution in [0.5, 0.6) is 0 Å². The molecule has 0 radical (unpaired) electrons. The first kappa shape index (κ1) is 13.8. The Labute approximate surface area is 123 Å². The maximum absolute atomic E-state index is 13.0. The third-order valence-corrected chi connectivity index (χ3v) is 4.63. The molecule has 5 heteroatoms. The summed E-state index contributed by atoms with van der Waals surface area (Å²) < 4.78 is 0. The molecule has 1 N–H and O–H groups in total. The highest BCUT2D eigenvalue weighted by Crippen LogP contribution is 2.45. The predicted octanol–water partition coefficient (Wildman–Crippen LogP) is 0.982. The highest BCUT2D eigenvalue weighted by Gasteiger charge is 2.50. The Kier molecular flexibility index (Phi) is 3.27. The highest BCUT2D eigenvalue weighted by atomic mass is 16.2. The van der Waals surface area contributed by atoms with Crippen molar-refractivity contribution in [1.29, 1.82) is 0 Å². The Morgan fingerprint density at radius 1 is 1.24 bits per heavy atom. The van der Waals surface area contributed by atoms with Gasteiger partial charge in [0.05, 0.1) is 5.41 Å². The molecule has 0 aromatic heterocycles. The minimum atomic E-state index is -0.601. The van der Waals surface area contributed by atoms with E-state index in [0.29, 0.717) is 0 Å². The Bertz CT molecular complexity index is 593. The zero-order valence-corrected chi connectivity index (χ0v) is 12.0. The number of benzene rings is 1. The lowest BCUT2D eigenvalue weighted by Gasteiger charge is -2.46. The number of piperazine rings is 1. The van der Waals surface area contributed by atoms with Crippen molar-refractivity contribution in [1.82, 2.24) is 10.2 Å². The summed E-state index contributed by atoms with van der Waals surface area (Å²) in [4.78, 5) is 37.8. The van der Waals surface area contributed by atoms with Crippen molar-refractivity contribution in [2.24, 2.45) is 0 Å². The molecule has 1 aromatic rings. The monoisotopic (exact) mass is 286 g/mol. The minimum Gasteiger partial charge on any atom is -0.321 e. The molecule has 5 nitrogen and oxygen atoms in total. The van der Waals surface area contributed by atoms with E-state index in [1.165, 1.54) is 4.90 Å². The van der Waals surface area contributed by atoms with E-state index in [-0.39, 0.29) is 12.5 Å². The van der Waals surface area contributed by atoms with E-state index in [4.69, 9.17) is 0 Å². The normalized spacial score (nSPS) is 24.2. The van der Waals surface area contributed by atoms with Crippen LogP contribution in [0.4, 0.5) is 0 Å². The van der Waals surface area contributed by atoms with Crippen molar-refractivity contribution in [2.45, 2.75) is 37.6 Å². The van der Waals surface area contributed by atoms with Gasteiger partial charge in [0.1, 0.15) is 12.6 Å². The van der Waals surface area contributed by atoms with Gasteiger partial charge in [-0.25, -0.2) is 0 Å². The Morgan fingerprint density at radius 3 is 2.48 bits per heavy atom. The molecule has 1 saturated carbocycles. The van der Waals surface area contributed by atoms with Gasteiger partial charge in [-0.3, -0.25) is 19.7 Å². The molecule has 1 saturated heterocycles. The average molecular weight is 286 g/mol. The number of rotatable bonds is 2. The molecule has 1 heterocycles. The number of hydrogen-bond donors (Lipinski definition) is 1. The van der Waals surface area contributed by atoms with Crippen LogP contribution in [0.15, 0.2) is 30.3 Å². The molecule has 21 heavy (non-hydrogen) atoms. The molecular weight excluding hydrogens is 268 g/mol. The number of hydrogen-bond acceptors (Lipinski definition) is 3. The van der Waals surface area contributed by atoms with Crippen molar-refractivity contribution in [3.05, 3.63) is 35.9 Å². The molecule has 0 spiro atoms. The number of nitrogens with zero attached hydrogens (tertiary/aromatic N) is 1. The fourth-order valence-corrected chi connectivity index (χ4v) is 3.15. The van der Waals surface area contributed by atoms with Crippen LogP contribution in [0.2, 0.25) is 0 Å². The highest BCUT2D eigenvalue weighted by molar-refractivity contribution is 6.05. The number of nitrogens with one attached hydrogen (secondary N) is 1. The van der Waals surface area contributed by atoms with E-state index < -0.39 is 23.3 Å². The second-order valence-corrected chi connectivity index (χ2v) is 5.82. The van der Waals surface area contributed by atoms with E-state index in [1.807, 2.05) is 30.3 Å². The fourth-order valence-electron chi connectivity index (χ4n) is 3.15. The van der Waals surface area contributed by atoms with Crippen LogP contribution in [-0.4, -0.2) is 35.2 Å². The number of amides is 3. The molecule has 0 bridgehead atoms. The summed E-state index contributed by atoms with van der Waals surface area (Å²) in [5, 5.41) is 2.27. The first-order chi connectivity index (χ1) is 10.0. The summed E-state index contributed by atoms with van der Waals surface area (Å²) in [6, 6.07) is 9.05. The lowest BCUT2D eigenvalue weighted by Crippen LogP contribution is -2.63. The molecular formula is C16H18N2O3. The lowest BCUT2D eigenvalue weighted by atomic mass is 9.63. The summed E-state index contributed by atoms with van der Waals surface area (Å²) in [6.45, 7) is 1.62. The van der Waals surface area contributed by atoms with Crippen LogP contribution >= 0.6 is 0 Å². The second-order valence-electron chi connectivity index (χ2n) is 5.82. The van der Waals surface area contributed by atoms with E-state index in [2.05, 4.69) is 5.32 Å². The van der Waals surface area contributed by atoms with Gasteiger partial charge in [0.2, 0.25) is 17.7 Å². The van der Waals surface area contributed by atoms with Gasteiger partial charge in [-0.2, -0.15) is 0 Å². The average Bonchev–Trinajstić information content (AvgIpc) is 2.42. The number of imide groups is 1. The van der Waals surface area contributed by atoms with Crippen molar-refractivity contribution >= 4 is 17.7 Å². The molecule has 3 amide bonds. The molecule has 1 aliphatic carbocycles. The predicted molar refractivity (Wildman–Crippen MR) is 76.3 cm³/mol. The summed E-state index contributed by atoms with van der Waals surface area (Å²) >= 11 is 0. The summed E-state index contributed by atoms with van der Waals surface area (Å²) in [7, 11) is 0. The van der Waals surface area contributed by atoms with Crippen molar-refractivity contribution in [2.75, 3.05) is 6.54 Å². The van der Waals surface area contributed by atoms with Crippen molar-refractivity contribution < 1.29 is 14.4 Å². The number of carbonyl (C=O) groups excluding carboxylic acids is 3. The van der Waals surface area contributed by atoms with E-state index >= 15 is 0 Å². The molecule has 1 atom stereocenters. The third-order valence-electron chi connectivity index (χ3n) is 4.63. The molecule has 1 unspecified atom stereocenters. The fraction of sp³-hybridized carbons (Fsp3) is 0.438. The van der Waals surface area contributed by atoms with Crippen LogP contribution in [0.1, 0.15) is 31.7 Å². The molecule has 1 aliphatic heterocycles. The van der Waals surface area contributed by atoms with E-state index in [0.717, 1.165) is 24.8 Å². The third kappa shape index (κ3) is 2.13. The molecule has 110 valence electrons. The first-order valence-corrected chi connectivity index (χ1v) is 7.25. The van der Waals surface area contributed by atoms with Gasteiger partial charge in [-0.15, -0.1) is 0 Å². The number of carbonyl (C=O) groups is 3. The minimum absolute atomic E-state index is 0.0413. The van der Waals surface area contributed by atoms with Gasteiger partial charge >= 0.3 is 0 Å². The smallest absolute Gasteiger partial charge is 0.249 e.